The lowest BCUT2D eigenvalue weighted by atomic mass is 9.87. The van der Waals surface area contributed by atoms with Crippen LogP contribution in [0.1, 0.15) is 17.0 Å². The van der Waals surface area contributed by atoms with Gasteiger partial charge in [0.1, 0.15) is 5.58 Å². The van der Waals surface area contributed by atoms with Crippen LogP contribution in [0.5, 0.6) is 0 Å². The molecular weight excluding hydrogens is 717 g/mol. The number of benzene rings is 7. The number of furan rings is 1. The van der Waals surface area contributed by atoms with E-state index in [2.05, 4.69) is 126 Å². The van der Waals surface area contributed by atoms with Crippen molar-refractivity contribution in [3.63, 3.8) is 0 Å². The molecule has 10 aromatic rings. The highest BCUT2D eigenvalue weighted by Gasteiger charge is 2.33. The molecule has 1 aliphatic heterocycles. The number of rotatable bonds is 5. The number of hydrogen-bond donors (Lipinski definition) is 0. The smallest absolute Gasteiger partial charge is 0.164 e. The zero-order chi connectivity index (χ0) is 37.5. The van der Waals surface area contributed by atoms with Gasteiger partial charge >= 0.3 is 0 Å². The second-order valence-corrected chi connectivity index (χ2v) is 15.9. The van der Waals surface area contributed by atoms with Crippen molar-refractivity contribution >= 4 is 61.1 Å². The highest BCUT2D eigenvalue weighted by atomic mass is 32.2. The van der Waals surface area contributed by atoms with Crippen LogP contribution in [0.25, 0.3) is 89.2 Å². The number of para-hydroxylation sites is 3. The van der Waals surface area contributed by atoms with Crippen LogP contribution >= 0.6 is 11.8 Å². The van der Waals surface area contributed by atoms with Crippen molar-refractivity contribution < 1.29 is 4.42 Å². The van der Waals surface area contributed by atoms with Crippen molar-refractivity contribution in [2.24, 2.45) is 0 Å². The van der Waals surface area contributed by atoms with Crippen molar-refractivity contribution in [3.8, 4) is 39.9 Å². The van der Waals surface area contributed by atoms with E-state index in [1.807, 2.05) is 72.4 Å². The minimum atomic E-state index is 0.284. The quantitative estimate of drug-likeness (QED) is 0.175. The largest absolute Gasteiger partial charge is 0.454 e. The van der Waals surface area contributed by atoms with Gasteiger partial charge in [-0.2, -0.15) is 0 Å². The Morgan fingerprint density at radius 2 is 1.12 bits per heavy atom. The van der Waals surface area contributed by atoms with Gasteiger partial charge in [0, 0.05) is 54.3 Å². The summed E-state index contributed by atoms with van der Waals surface area (Å²) in [4.78, 5) is 16.1. The molecule has 57 heavy (non-hydrogen) atoms. The van der Waals surface area contributed by atoms with Crippen molar-refractivity contribution in [3.05, 3.63) is 193 Å². The molecule has 0 saturated heterocycles. The molecule has 0 bridgehead atoms. The third-order valence-electron chi connectivity index (χ3n) is 11.4. The molecule has 0 saturated carbocycles. The Labute approximate surface area is 332 Å². The Morgan fingerprint density at radius 3 is 1.82 bits per heavy atom. The monoisotopic (exact) mass is 748 g/mol. The Morgan fingerprint density at radius 1 is 0.509 bits per heavy atom. The maximum absolute atomic E-state index is 6.70. The summed E-state index contributed by atoms with van der Waals surface area (Å²) in [6.45, 7) is 0. The summed E-state index contributed by atoms with van der Waals surface area (Å²) in [5, 5.41) is 4.99. The Kier molecular flexibility index (Phi) is 7.22. The third-order valence-corrected chi connectivity index (χ3v) is 12.7. The summed E-state index contributed by atoms with van der Waals surface area (Å²) < 4.78 is 9.04. The summed E-state index contributed by atoms with van der Waals surface area (Å²) in [6.07, 6.45) is 7.11. The molecular formula is C51H32N4OS. The van der Waals surface area contributed by atoms with Gasteiger partial charge in [-0.1, -0.05) is 146 Å². The van der Waals surface area contributed by atoms with Gasteiger partial charge in [-0.05, 0) is 53.1 Å². The molecule has 0 fully saturated rings. The lowest BCUT2D eigenvalue weighted by Gasteiger charge is -2.19. The minimum Gasteiger partial charge on any atom is -0.454 e. The van der Waals surface area contributed by atoms with Gasteiger partial charge in [0.15, 0.2) is 23.1 Å². The van der Waals surface area contributed by atoms with Crippen LogP contribution < -0.4 is 0 Å². The summed E-state index contributed by atoms with van der Waals surface area (Å²) >= 11 is 1.92. The normalized spacial score (nSPS) is 16.0. The summed E-state index contributed by atoms with van der Waals surface area (Å²) in [6, 6.07) is 57.3. The molecule has 0 spiro atoms. The minimum absolute atomic E-state index is 0.284. The first-order valence-corrected chi connectivity index (χ1v) is 20.1. The number of hydrogen-bond acceptors (Lipinski definition) is 5. The Hall–Kier alpha value is -7.02. The topological polar surface area (TPSA) is 56.7 Å². The summed E-state index contributed by atoms with van der Waals surface area (Å²) in [5.74, 6) is 2.31. The van der Waals surface area contributed by atoms with Crippen molar-refractivity contribution in [1.82, 2.24) is 19.5 Å². The van der Waals surface area contributed by atoms with E-state index < -0.39 is 0 Å². The molecule has 12 rings (SSSR count). The molecule has 0 amide bonds. The third kappa shape index (κ3) is 5.21. The van der Waals surface area contributed by atoms with E-state index in [0.29, 0.717) is 23.4 Å². The predicted octanol–water partition coefficient (Wildman–Crippen LogP) is 13.1. The predicted molar refractivity (Wildman–Crippen MR) is 234 cm³/mol. The summed E-state index contributed by atoms with van der Waals surface area (Å²) in [7, 11) is 0. The SMILES string of the molecule is C1=CC2c3ccc(-c4nc(-c5ccccc5)nc(-c5ccccc5)n4)cc3SC2C=C1c1ccc2oc3c(-n4c5ccccc5c5ccccc54)cccc3c2c1. The van der Waals surface area contributed by atoms with Crippen molar-refractivity contribution in [2.45, 2.75) is 16.1 Å². The number of fused-ring (bicyclic) bond motifs is 9. The van der Waals surface area contributed by atoms with Crippen LogP contribution in [0.2, 0.25) is 0 Å². The molecule has 7 aromatic carbocycles. The van der Waals surface area contributed by atoms with E-state index in [-0.39, 0.29) is 5.25 Å². The first-order valence-electron chi connectivity index (χ1n) is 19.3. The van der Waals surface area contributed by atoms with Gasteiger partial charge in [0.2, 0.25) is 0 Å². The molecule has 6 heteroatoms. The van der Waals surface area contributed by atoms with Gasteiger partial charge in [-0.3, -0.25) is 0 Å². The lowest BCUT2D eigenvalue weighted by Crippen LogP contribution is -2.09. The average Bonchev–Trinajstić information content (AvgIpc) is 3.95. The Bertz CT molecular complexity index is 3180. The van der Waals surface area contributed by atoms with Crippen LogP contribution in [-0.2, 0) is 0 Å². The second kappa shape index (κ2) is 12.8. The number of allylic oxidation sites excluding steroid dienone is 3. The standard InChI is InChI=1S/C51H32N4OS/c1-3-12-31(13-4-1)49-52-50(32-14-5-2-6-15-32)54-51(53-49)35-23-26-39-38-25-22-34(29-46(38)57-47(39)30-35)33-24-27-45-41(28-33)40-18-11-21-44(48(40)56-45)55-42-19-9-7-16-36(42)37-17-8-10-20-43(37)55/h1-30,38,46H. The van der Waals surface area contributed by atoms with Crippen LogP contribution in [0, 0.1) is 0 Å². The van der Waals surface area contributed by atoms with E-state index in [1.165, 1.54) is 43.4 Å². The van der Waals surface area contributed by atoms with Crippen LogP contribution in [0.3, 0.4) is 0 Å². The maximum atomic E-state index is 6.70. The second-order valence-electron chi connectivity index (χ2n) is 14.7. The van der Waals surface area contributed by atoms with Crippen molar-refractivity contribution in [2.75, 3.05) is 0 Å². The van der Waals surface area contributed by atoms with Crippen LogP contribution in [-0.4, -0.2) is 24.8 Å². The van der Waals surface area contributed by atoms with Gasteiger partial charge in [-0.25, -0.2) is 15.0 Å². The number of aromatic nitrogens is 4. The fraction of sp³-hybridized carbons (Fsp3) is 0.0392. The van der Waals surface area contributed by atoms with Gasteiger partial charge < -0.3 is 8.98 Å². The van der Waals surface area contributed by atoms with E-state index in [0.717, 1.165) is 44.3 Å². The van der Waals surface area contributed by atoms with E-state index in [9.17, 15) is 0 Å². The zero-order valence-corrected chi connectivity index (χ0v) is 31.4. The summed E-state index contributed by atoms with van der Waals surface area (Å²) in [5.41, 5.74) is 11.8. The highest BCUT2D eigenvalue weighted by Crippen LogP contribution is 2.51. The fourth-order valence-electron chi connectivity index (χ4n) is 8.69. The molecule has 0 radical (unpaired) electrons. The number of thioether (sulfide) groups is 1. The molecule has 2 unspecified atom stereocenters. The number of nitrogens with zero attached hydrogens (tertiary/aromatic N) is 4. The fourth-order valence-corrected chi connectivity index (χ4v) is 10.1. The van der Waals surface area contributed by atoms with Crippen LogP contribution in [0.4, 0.5) is 0 Å². The molecule has 5 nitrogen and oxygen atoms in total. The molecule has 2 aliphatic rings. The van der Waals surface area contributed by atoms with Gasteiger partial charge in [0.05, 0.1) is 16.7 Å². The van der Waals surface area contributed by atoms with Crippen molar-refractivity contribution in [1.29, 1.82) is 0 Å². The molecule has 1 aliphatic carbocycles. The lowest BCUT2D eigenvalue weighted by molar-refractivity contribution is 0.666. The first kappa shape index (κ1) is 32.2. The first-order chi connectivity index (χ1) is 28.2. The highest BCUT2D eigenvalue weighted by molar-refractivity contribution is 8.00. The van der Waals surface area contributed by atoms with E-state index in [1.54, 1.807) is 0 Å². The molecule has 268 valence electrons. The van der Waals surface area contributed by atoms with E-state index in [4.69, 9.17) is 19.4 Å². The average molecular weight is 749 g/mol. The van der Waals surface area contributed by atoms with Gasteiger partial charge in [0.25, 0.3) is 0 Å². The molecule has 3 aromatic heterocycles. The zero-order valence-electron chi connectivity index (χ0n) is 30.6. The van der Waals surface area contributed by atoms with E-state index >= 15 is 0 Å². The Balaban J connectivity index is 0.891. The molecule has 2 atom stereocenters. The molecule has 4 heterocycles. The van der Waals surface area contributed by atoms with Gasteiger partial charge in [-0.15, -0.1) is 11.8 Å². The van der Waals surface area contributed by atoms with Crippen LogP contribution in [0.15, 0.2) is 191 Å². The molecule has 0 N–H and O–H groups in total. The maximum Gasteiger partial charge on any atom is 0.164 e.